The summed E-state index contributed by atoms with van der Waals surface area (Å²) in [5.41, 5.74) is 4.68. The molecule has 0 aliphatic carbocycles. The first kappa shape index (κ1) is 18.0. The van der Waals surface area contributed by atoms with Crippen LogP contribution in [0.1, 0.15) is 29.8 Å². The number of aryl methyl sites for hydroxylation is 3. The van der Waals surface area contributed by atoms with Crippen LogP contribution < -0.4 is 5.69 Å². The van der Waals surface area contributed by atoms with Gasteiger partial charge in [0, 0.05) is 25.7 Å². The minimum atomic E-state index is -0.223. The van der Waals surface area contributed by atoms with Crippen molar-refractivity contribution in [1.82, 2.24) is 19.3 Å². The van der Waals surface area contributed by atoms with E-state index in [0.717, 1.165) is 28.0 Å². The molecule has 1 aromatic carbocycles. The van der Waals surface area contributed by atoms with Gasteiger partial charge in [-0.3, -0.25) is 14.0 Å². The van der Waals surface area contributed by atoms with Gasteiger partial charge in [0.2, 0.25) is 0 Å². The van der Waals surface area contributed by atoms with Crippen LogP contribution in [0.5, 0.6) is 0 Å². The first-order valence-corrected chi connectivity index (χ1v) is 8.79. The maximum atomic E-state index is 12.0. The number of benzene rings is 1. The third kappa shape index (κ3) is 3.71. The van der Waals surface area contributed by atoms with Crippen LogP contribution in [-0.2, 0) is 29.5 Å². The van der Waals surface area contributed by atoms with Crippen molar-refractivity contribution < 1.29 is 9.53 Å². The first-order valence-electron chi connectivity index (χ1n) is 8.79. The summed E-state index contributed by atoms with van der Waals surface area (Å²) >= 11 is 0. The lowest BCUT2D eigenvalue weighted by Crippen LogP contribution is -2.18. The number of ether oxygens (including phenoxy) is 1. The molecule has 0 saturated carbocycles. The third-order valence-electron chi connectivity index (χ3n) is 4.71. The molecule has 0 unspecified atom stereocenters. The van der Waals surface area contributed by atoms with Crippen molar-refractivity contribution in [3.8, 4) is 0 Å². The van der Waals surface area contributed by atoms with Crippen LogP contribution in [0, 0.1) is 13.8 Å². The molecule has 26 heavy (non-hydrogen) atoms. The fourth-order valence-corrected chi connectivity index (χ4v) is 3.22. The molecule has 1 N–H and O–H groups in total. The van der Waals surface area contributed by atoms with E-state index in [9.17, 15) is 9.59 Å². The molecule has 0 aliphatic heterocycles. The topological polar surface area (TPSA) is 81.9 Å². The lowest BCUT2D eigenvalue weighted by molar-refractivity contribution is -0.143. The number of carbonyl (C=O) groups is 1. The van der Waals surface area contributed by atoms with Crippen LogP contribution in [-0.4, -0.2) is 31.9 Å². The number of carbonyl (C=O) groups excluding carboxylic acids is 1. The fourth-order valence-electron chi connectivity index (χ4n) is 3.22. The minimum Gasteiger partial charge on any atom is -0.466 e. The number of nitrogens with zero attached hydrogens (tertiary/aromatic N) is 3. The Bertz CT molecular complexity index is 980. The Balaban J connectivity index is 1.47. The Hall–Kier alpha value is -2.83. The Morgan fingerprint density at radius 3 is 2.77 bits per heavy atom. The van der Waals surface area contributed by atoms with Crippen molar-refractivity contribution in [2.45, 2.75) is 39.7 Å². The van der Waals surface area contributed by atoms with Crippen LogP contribution >= 0.6 is 0 Å². The number of esters is 1. The minimum absolute atomic E-state index is 0.139. The molecule has 7 nitrogen and oxygen atoms in total. The summed E-state index contributed by atoms with van der Waals surface area (Å²) in [5.74, 6) is -0.223. The number of aromatic amines is 1. The van der Waals surface area contributed by atoms with Crippen LogP contribution in [0.3, 0.4) is 0 Å². The van der Waals surface area contributed by atoms with E-state index in [2.05, 4.69) is 10.1 Å². The van der Waals surface area contributed by atoms with E-state index in [1.807, 2.05) is 49.8 Å². The molecule has 2 aromatic heterocycles. The van der Waals surface area contributed by atoms with E-state index in [1.54, 1.807) is 4.57 Å². The van der Waals surface area contributed by atoms with Gasteiger partial charge in [-0.1, -0.05) is 12.1 Å². The van der Waals surface area contributed by atoms with E-state index < -0.39 is 0 Å². The average molecular weight is 356 g/mol. The molecule has 3 rings (SSSR count). The number of rotatable bonds is 7. The molecular weight excluding hydrogens is 332 g/mol. The summed E-state index contributed by atoms with van der Waals surface area (Å²) in [6.07, 6.45) is 1.56. The quantitative estimate of drug-likeness (QED) is 0.520. The molecule has 0 amide bonds. The van der Waals surface area contributed by atoms with E-state index >= 15 is 0 Å². The van der Waals surface area contributed by atoms with Gasteiger partial charge >= 0.3 is 11.7 Å². The van der Waals surface area contributed by atoms with Gasteiger partial charge in [-0.15, -0.1) is 0 Å². The lowest BCUT2D eigenvalue weighted by atomic mass is 10.1. The molecule has 0 saturated heterocycles. The van der Waals surface area contributed by atoms with Gasteiger partial charge in [-0.2, -0.15) is 5.10 Å². The zero-order chi connectivity index (χ0) is 18.7. The second-order valence-corrected chi connectivity index (χ2v) is 6.45. The Morgan fingerprint density at radius 1 is 1.27 bits per heavy atom. The zero-order valence-electron chi connectivity index (χ0n) is 15.4. The highest BCUT2D eigenvalue weighted by atomic mass is 16.5. The summed E-state index contributed by atoms with van der Waals surface area (Å²) in [5, 5.41) is 4.35. The van der Waals surface area contributed by atoms with E-state index in [4.69, 9.17) is 4.74 Å². The van der Waals surface area contributed by atoms with E-state index in [0.29, 0.717) is 32.4 Å². The molecule has 138 valence electrons. The van der Waals surface area contributed by atoms with Crippen molar-refractivity contribution in [1.29, 1.82) is 0 Å². The molecule has 0 atom stereocenters. The van der Waals surface area contributed by atoms with Crippen LogP contribution in [0.4, 0.5) is 0 Å². The smallest absolute Gasteiger partial charge is 0.326 e. The highest BCUT2D eigenvalue weighted by molar-refractivity contribution is 5.74. The zero-order valence-corrected chi connectivity index (χ0v) is 15.4. The molecule has 2 heterocycles. The highest BCUT2D eigenvalue weighted by Gasteiger charge is 2.12. The fraction of sp³-hybridized carbons (Fsp3) is 0.421. The lowest BCUT2D eigenvalue weighted by Gasteiger charge is -2.06. The van der Waals surface area contributed by atoms with Gasteiger partial charge in [-0.05, 0) is 44.4 Å². The summed E-state index contributed by atoms with van der Waals surface area (Å²) in [7, 11) is 1.90. The number of hydrogen-bond acceptors (Lipinski definition) is 4. The van der Waals surface area contributed by atoms with Gasteiger partial charge in [0.05, 0.1) is 23.3 Å². The highest BCUT2D eigenvalue weighted by Crippen LogP contribution is 2.14. The maximum absolute atomic E-state index is 12.0. The van der Waals surface area contributed by atoms with Crippen molar-refractivity contribution in [2.24, 2.45) is 7.05 Å². The Labute approximate surface area is 151 Å². The second kappa shape index (κ2) is 7.59. The van der Waals surface area contributed by atoms with Crippen molar-refractivity contribution in [3.05, 3.63) is 51.7 Å². The summed E-state index contributed by atoms with van der Waals surface area (Å²) in [6.45, 7) is 4.76. The van der Waals surface area contributed by atoms with Gasteiger partial charge in [-0.25, -0.2) is 4.79 Å². The van der Waals surface area contributed by atoms with Gasteiger partial charge in [0.25, 0.3) is 0 Å². The predicted octanol–water partition coefficient (Wildman–Crippen LogP) is 2.25. The molecule has 3 aromatic rings. The van der Waals surface area contributed by atoms with E-state index in [-0.39, 0.29) is 11.7 Å². The van der Waals surface area contributed by atoms with Crippen molar-refractivity contribution in [2.75, 3.05) is 6.61 Å². The third-order valence-corrected chi connectivity index (χ3v) is 4.71. The molecule has 0 spiro atoms. The molecular formula is C19H24N4O3. The number of hydrogen-bond donors (Lipinski definition) is 1. The molecule has 0 bridgehead atoms. The van der Waals surface area contributed by atoms with Gasteiger partial charge in [0.1, 0.15) is 0 Å². The number of imidazole rings is 1. The number of para-hydroxylation sites is 2. The van der Waals surface area contributed by atoms with Gasteiger partial charge in [0.15, 0.2) is 0 Å². The summed E-state index contributed by atoms with van der Waals surface area (Å²) in [6, 6.07) is 7.55. The van der Waals surface area contributed by atoms with Crippen molar-refractivity contribution in [3.63, 3.8) is 0 Å². The number of nitrogens with one attached hydrogen (secondary N) is 1. The largest absolute Gasteiger partial charge is 0.466 e. The first-order chi connectivity index (χ1) is 12.5. The molecule has 7 heteroatoms. The molecule has 0 radical (unpaired) electrons. The normalized spacial score (nSPS) is 11.2. The van der Waals surface area contributed by atoms with Crippen LogP contribution in [0.2, 0.25) is 0 Å². The number of aromatic nitrogens is 4. The maximum Gasteiger partial charge on any atom is 0.326 e. The summed E-state index contributed by atoms with van der Waals surface area (Å²) in [4.78, 5) is 26.8. The Morgan fingerprint density at radius 2 is 2.04 bits per heavy atom. The molecule has 0 fully saturated rings. The van der Waals surface area contributed by atoms with E-state index in [1.165, 1.54) is 0 Å². The standard InChI is InChI=1S/C19H24N4O3/c1-13-15(14(2)22(3)21-13)9-10-18(24)26-12-6-11-23-17-8-5-4-7-16(17)20-19(23)25/h4-5,7-8H,6,9-12H2,1-3H3,(H,20,25). The Kier molecular flexibility index (Phi) is 5.25. The number of fused-ring (bicyclic) bond motifs is 1. The predicted molar refractivity (Wildman–Crippen MR) is 99.1 cm³/mol. The van der Waals surface area contributed by atoms with Crippen LogP contribution in [0.15, 0.2) is 29.1 Å². The van der Waals surface area contributed by atoms with Crippen LogP contribution in [0.25, 0.3) is 11.0 Å². The van der Waals surface area contributed by atoms with Gasteiger partial charge < -0.3 is 9.72 Å². The summed E-state index contributed by atoms with van der Waals surface area (Å²) < 4.78 is 8.81. The van der Waals surface area contributed by atoms with Crippen molar-refractivity contribution >= 4 is 17.0 Å². The number of H-pyrrole nitrogens is 1. The molecule has 0 aliphatic rings. The monoisotopic (exact) mass is 356 g/mol. The SMILES string of the molecule is Cc1nn(C)c(C)c1CCC(=O)OCCCn1c(=O)[nH]c2ccccc21. The average Bonchev–Trinajstić information content (AvgIpc) is 3.05. The second-order valence-electron chi connectivity index (χ2n) is 6.45.